The molecule has 0 aliphatic rings. The van der Waals surface area contributed by atoms with E-state index in [4.69, 9.17) is 0 Å². The normalized spacial score (nSPS) is 11.0. The minimum atomic E-state index is 0.898. The molecule has 0 fully saturated rings. The lowest BCUT2D eigenvalue weighted by molar-refractivity contribution is 0.744. The van der Waals surface area contributed by atoms with Gasteiger partial charge in [-0.15, -0.1) is 0 Å². The van der Waals surface area contributed by atoms with Crippen molar-refractivity contribution in [3.8, 4) is 0 Å². The van der Waals surface area contributed by atoms with E-state index < -0.39 is 0 Å². The third-order valence-corrected chi connectivity index (χ3v) is 3.67. The summed E-state index contributed by atoms with van der Waals surface area (Å²) in [5.74, 6) is 1.02. The van der Waals surface area contributed by atoms with Gasteiger partial charge in [-0.2, -0.15) is 9.61 Å². The molecule has 3 heterocycles. The number of aryl methyl sites for hydroxylation is 2. The molecule has 0 bridgehead atoms. The van der Waals surface area contributed by atoms with Crippen molar-refractivity contribution in [1.29, 1.82) is 0 Å². The second kappa shape index (κ2) is 7.02. The molecule has 0 amide bonds. The summed E-state index contributed by atoms with van der Waals surface area (Å²) < 4.78 is 1.86. The van der Waals surface area contributed by atoms with Crippen LogP contribution in [0.2, 0.25) is 0 Å². The fourth-order valence-corrected chi connectivity index (χ4v) is 2.47. The van der Waals surface area contributed by atoms with Crippen molar-refractivity contribution in [2.45, 2.75) is 32.6 Å². The highest BCUT2D eigenvalue weighted by Gasteiger charge is 2.05. The van der Waals surface area contributed by atoms with Crippen molar-refractivity contribution in [3.05, 3.63) is 54.1 Å². The van der Waals surface area contributed by atoms with Gasteiger partial charge in [-0.25, -0.2) is 4.98 Å². The van der Waals surface area contributed by atoms with Crippen molar-refractivity contribution in [2.24, 2.45) is 0 Å². The molecule has 0 spiro atoms. The number of anilines is 1. The van der Waals surface area contributed by atoms with Crippen LogP contribution in [0.1, 0.15) is 31.2 Å². The number of fused-ring (bicyclic) bond motifs is 1. The van der Waals surface area contributed by atoms with E-state index in [9.17, 15) is 0 Å². The highest BCUT2D eigenvalue weighted by molar-refractivity contribution is 5.49. The topological polar surface area (TPSA) is 55.1 Å². The summed E-state index contributed by atoms with van der Waals surface area (Å²) in [5.41, 5.74) is 3.15. The van der Waals surface area contributed by atoms with E-state index in [1.165, 1.54) is 0 Å². The predicted octanol–water partition coefficient (Wildman–Crippen LogP) is 3.12. The van der Waals surface area contributed by atoms with E-state index >= 15 is 0 Å². The van der Waals surface area contributed by atoms with Crippen LogP contribution in [0.15, 0.2) is 42.7 Å². The molecule has 0 atom stereocenters. The minimum absolute atomic E-state index is 0.898. The Morgan fingerprint density at radius 3 is 2.86 bits per heavy atom. The highest BCUT2D eigenvalue weighted by atomic mass is 15.3. The Labute approximate surface area is 130 Å². The van der Waals surface area contributed by atoms with Crippen molar-refractivity contribution in [1.82, 2.24) is 19.6 Å². The first-order valence-electron chi connectivity index (χ1n) is 7.84. The lowest BCUT2D eigenvalue weighted by atomic mass is 10.2. The molecule has 0 aliphatic heterocycles. The summed E-state index contributed by atoms with van der Waals surface area (Å²) in [6, 6.07) is 10.1. The monoisotopic (exact) mass is 295 g/mol. The third kappa shape index (κ3) is 3.42. The molecule has 0 radical (unpaired) electrons. The molecule has 5 nitrogen and oxygen atoms in total. The van der Waals surface area contributed by atoms with Crippen LogP contribution in [-0.2, 0) is 12.8 Å². The summed E-state index contributed by atoms with van der Waals surface area (Å²) in [7, 11) is 0. The molecule has 5 heteroatoms. The predicted molar refractivity (Wildman–Crippen MR) is 88.0 cm³/mol. The van der Waals surface area contributed by atoms with E-state index in [1.54, 1.807) is 6.20 Å². The Bertz CT molecular complexity index is 720. The van der Waals surface area contributed by atoms with Gasteiger partial charge in [0.1, 0.15) is 5.82 Å². The van der Waals surface area contributed by atoms with Gasteiger partial charge in [0, 0.05) is 36.3 Å². The maximum Gasteiger partial charge on any atom is 0.157 e. The maximum absolute atomic E-state index is 4.55. The molecule has 0 aromatic carbocycles. The fourth-order valence-electron chi connectivity index (χ4n) is 2.47. The number of nitrogens with one attached hydrogen (secondary N) is 1. The first-order valence-corrected chi connectivity index (χ1v) is 7.84. The van der Waals surface area contributed by atoms with E-state index in [1.807, 2.05) is 28.9 Å². The molecular formula is C17H21N5. The van der Waals surface area contributed by atoms with Gasteiger partial charge in [0.05, 0.1) is 6.20 Å². The first kappa shape index (κ1) is 14.5. The fraction of sp³-hybridized carbons (Fsp3) is 0.353. The van der Waals surface area contributed by atoms with Crippen LogP contribution >= 0.6 is 0 Å². The number of unbranched alkanes of at least 4 members (excludes halogenated alkanes) is 1. The Morgan fingerprint density at radius 2 is 2.05 bits per heavy atom. The third-order valence-electron chi connectivity index (χ3n) is 3.67. The maximum atomic E-state index is 4.55. The number of nitrogens with zero attached hydrogens (tertiary/aromatic N) is 4. The highest BCUT2D eigenvalue weighted by Crippen LogP contribution is 2.13. The molecule has 22 heavy (non-hydrogen) atoms. The Hall–Kier alpha value is -2.43. The van der Waals surface area contributed by atoms with Gasteiger partial charge in [0.15, 0.2) is 5.65 Å². The quantitative estimate of drug-likeness (QED) is 0.680. The number of pyridine rings is 1. The molecule has 114 valence electrons. The van der Waals surface area contributed by atoms with E-state index in [0.717, 1.165) is 55.1 Å². The van der Waals surface area contributed by atoms with E-state index in [0.29, 0.717) is 0 Å². The van der Waals surface area contributed by atoms with Crippen molar-refractivity contribution in [3.63, 3.8) is 0 Å². The summed E-state index contributed by atoms with van der Waals surface area (Å²) in [6.45, 7) is 3.04. The number of hydrogen-bond donors (Lipinski definition) is 1. The molecule has 1 N–H and O–H groups in total. The van der Waals surface area contributed by atoms with Crippen LogP contribution in [0, 0.1) is 0 Å². The lowest BCUT2D eigenvalue weighted by Gasteiger charge is -2.09. The average molecular weight is 295 g/mol. The second-order valence-electron chi connectivity index (χ2n) is 5.29. The smallest absolute Gasteiger partial charge is 0.157 e. The standard InChI is InChI=1S/C17H21N5/c1-2-14-13-17(22-16(21-14)9-12-20-22)19-11-6-4-8-15-7-3-5-10-18-15/h3,5,7,9-10,12-13,19H,2,4,6,8,11H2,1H3. The van der Waals surface area contributed by atoms with Crippen molar-refractivity contribution < 1.29 is 0 Å². The minimum Gasteiger partial charge on any atom is -0.370 e. The first-order chi connectivity index (χ1) is 10.9. The molecule has 3 aromatic rings. The Morgan fingerprint density at radius 1 is 1.09 bits per heavy atom. The van der Waals surface area contributed by atoms with E-state index in [2.05, 4.69) is 39.4 Å². The molecule has 0 unspecified atom stereocenters. The number of rotatable bonds is 7. The lowest BCUT2D eigenvalue weighted by Crippen LogP contribution is -2.09. The van der Waals surface area contributed by atoms with Crippen molar-refractivity contribution >= 4 is 11.5 Å². The second-order valence-corrected chi connectivity index (χ2v) is 5.29. The SMILES string of the molecule is CCc1cc(NCCCCc2ccccn2)n2nccc2n1. The number of aromatic nitrogens is 4. The van der Waals surface area contributed by atoms with Crippen molar-refractivity contribution in [2.75, 3.05) is 11.9 Å². The Kier molecular flexibility index (Phi) is 4.63. The number of hydrogen-bond acceptors (Lipinski definition) is 4. The van der Waals surface area contributed by atoms with Crippen LogP contribution in [0.3, 0.4) is 0 Å². The molecule has 0 saturated carbocycles. The Balaban J connectivity index is 1.54. The van der Waals surface area contributed by atoms with Crippen LogP contribution < -0.4 is 5.32 Å². The summed E-state index contributed by atoms with van der Waals surface area (Å²) in [6.07, 6.45) is 7.81. The molecule has 3 aromatic heterocycles. The van der Waals surface area contributed by atoms with Gasteiger partial charge in [-0.05, 0) is 37.8 Å². The summed E-state index contributed by atoms with van der Waals surface area (Å²) in [5, 5.41) is 7.80. The summed E-state index contributed by atoms with van der Waals surface area (Å²) >= 11 is 0. The van der Waals surface area contributed by atoms with Gasteiger partial charge in [-0.3, -0.25) is 4.98 Å². The van der Waals surface area contributed by atoms with Gasteiger partial charge in [0.2, 0.25) is 0 Å². The zero-order chi connectivity index (χ0) is 15.2. The van der Waals surface area contributed by atoms with Crippen LogP contribution in [0.5, 0.6) is 0 Å². The van der Waals surface area contributed by atoms with Gasteiger partial charge in [0.25, 0.3) is 0 Å². The molecular weight excluding hydrogens is 274 g/mol. The van der Waals surface area contributed by atoms with Gasteiger partial charge < -0.3 is 5.32 Å². The molecule has 0 aliphatic carbocycles. The molecule has 3 rings (SSSR count). The zero-order valence-corrected chi connectivity index (χ0v) is 12.9. The van der Waals surface area contributed by atoms with Gasteiger partial charge >= 0.3 is 0 Å². The summed E-state index contributed by atoms with van der Waals surface area (Å²) in [4.78, 5) is 8.90. The van der Waals surface area contributed by atoms with Crippen LogP contribution in [0.4, 0.5) is 5.82 Å². The van der Waals surface area contributed by atoms with Crippen LogP contribution in [-0.4, -0.2) is 26.1 Å². The van der Waals surface area contributed by atoms with Crippen LogP contribution in [0.25, 0.3) is 5.65 Å². The average Bonchev–Trinajstić information content (AvgIpc) is 3.04. The largest absolute Gasteiger partial charge is 0.370 e. The molecule has 0 saturated heterocycles. The van der Waals surface area contributed by atoms with E-state index in [-0.39, 0.29) is 0 Å². The van der Waals surface area contributed by atoms with Gasteiger partial charge in [-0.1, -0.05) is 13.0 Å². The zero-order valence-electron chi connectivity index (χ0n) is 12.9.